The zero-order valence-corrected chi connectivity index (χ0v) is 12.8. The lowest BCUT2D eigenvalue weighted by Crippen LogP contribution is -2.04. The smallest absolute Gasteiger partial charge is 0.416 e. The molecule has 2 rings (SSSR count). The van der Waals surface area contributed by atoms with E-state index in [1.165, 1.54) is 18.2 Å². The van der Waals surface area contributed by atoms with Crippen LogP contribution in [0.1, 0.15) is 15.9 Å². The quantitative estimate of drug-likeness (QED) is 0.604. The van der Waals surface area contributed by atoms with Crippen molar-refractivity contribution in [2.45, 2.75) is 6.18 Å². The lowest BCUT2D eigenvalue weighted by Gasteiger charge is -2.11. The number of rotatable bonds is 3. The van der Waals surface area contributed by atoms with Crippen molar-refractivity contribution < 1.29 is 22.7 Å². The zero-order chi connectivity index (χ0) is 16.5. The third-order valence-corrected chi connectivity index (χ3v) is 3.47. The number of carbonyl (C=O) groups excluding carboxylic acids is 1. The number of hydrogen-bond donors (Lipinski definition) is 0. The van der Waals surface area contributed by atoms with Gasteiger partial charge in [0.25, 0.3) is 5.24 Å². The second kappa shape index (κ2) is 6.36. The summed E-state index contributed by atoms with van der Waals surface area (Å²) in [4.78, 5) is 11.2. The number of carbonyl (C=O) groups is 1. The van der Waals surface area contributed by atoms with E-state index in [0.717, 1.165) is 18.2 Å². The van der Waals surface area contributed by atoms with Gasteiger partial charge in [0.1, 0.15) is 11.5 Å². The second-order valence-electron chi connectivity index (χ2n) is 4.16. The minimum absolute atomic E-state index is 0.00459. The summed E-state index contributed by atoms with van der Waals surface area (Å²) in [5.41, 5.74) is -0.874. The SMILES string of the molecule is O=C(Cl)c1cc(Oc2ccc(C(F)(F)F)cc2Cl)ccc1Cl. The predicted molar refractivity (Wildman–Crippen MR) is 78.2 cm³/mol. The van der Waals surface area contributed by atoms with Crippen LogP contribution < -0.4 is 4.74 Å². The zero-order valence-electron chi connectivity index (χ0n) is 10.5. The molecule has 116 valence electrons. The van der Waals surface area contributed by atoms with Crippen molar-refractivity contribution in [2.24, 2.45) is 0 Å². The molecule has 0 amide bonds. The van der Waals surface area contributed by atoms with Gasteiger partial charge < -0.3 is 4.74 Å². The summed E-state index contributed by atoms with van der Waals surface area (Å²) < 4.78 is 43.0. The van der Waals surface area contributed by atoms with Crippen LogP contribution in [0.3, 0.4) is 0 Å². The number of halogens is 6. The Hall–Kier alpha value is -1.43. The third-order valence-electron chi connectivity index (χ3n) is 2.64. The van der Waals surface area contributed by atoms with Gasteiger partial charge in [0.2, 0.25) is 0 Å². The summed E-state index contributed by atoms with van der Waals surface area (Å²) in [6.07, 6.45) is -4.50. The first-order valence-corrected chi connectivity index (χ1v) is 6.86. The minimum atomic E-state index is -4.50. The van der Waals surface area contributed by atoms with Crippen molar-refractivity contribution in [1.82, 2.24) is 0 Å². The van der Waals surface area contributed by atoms with Gasteiger partial charge in [0.15, 0.2) is 0 Å². The molecule has 8 heteroatoms. The molecule has 0 N–H and O–H groups in total. The van der Waals surface area contributed by atoms with E-state index in [1.807, 2.05) is 0 Å². The molecule has 0 unspecified atom stereocenters. The van der Waals surface area contributed by atoms with E-state index >= 15 is 0 Å². The Bertz CT molecular complexity index is 730. The van der Waals surface area contributed by atoms with Crippen molar-refractivity contribution in [3.8, 4) is 11.5 Å². The first-order valence-electron chi connectivity index (χ1n) is 5.72. The average molecular weight is 370 g/mol. The van der Waals surface area contributed by atoms with Gasteiger partial charge in [-0.2, -0.15) is 13.2 Å². The van der Waals surface area contributed by atoms with Gasteiger partial charge in [-0.3, -0.25) is 4.79 Å². The van der Waals surface area contributed by atoms with Crippen LogP contribution in [0.4, 0.5) is 13.2 Å². The maximum absolute atomic E-state index is 12.5. The van der Waals surface area contributed by atoms with E-state index in [4.69, 9.17) is 39.5 Å². The summed E-state index contributed by atoms with van der Waals surface area (Å²) >= 11 is 16.9. The minimum Gasteiger partial charge on any atom is -0.456 e. The van der Waals surface area contributed by atoms with E-state index in [0.29, 0.717) is 0 Å². The molecule has 0 aliphatic heterocycles. The second-order valence-corrected chi connectivity index (χ2v) is 5.32. The molecule has 2 aromatic carbocycles. The summed E-state index contributed by atoms with van der Waals surface area (Å²) in [5, 5.41) is -0.872. The van der Waals surface area contributed by atoms with Crippen LogP contribution in [0.25, 0.3) is 0 Å². The highest BCUT2D eigenvalue weighted by atomic mass is 35.5. The summed E-state index contributed by atoms with van der Waals surface area (Å²) in [5.74, 6) is 0.167. The molecule has 0 atom stereocenters. The maximum atomic E-state index is 12.5. The van der Waals surface area contributed by atoms with Crippen LogP contribution in [0.5, 0.6) is 11.5 Å². The van der Waals surface area contributed by atoms with Crippen molar-refractivity contribution in [3.05, 3.63) is 57.6 Å². The van der Waals surface area contributed by atoms with Gasteiger partial charge in [-0.25, -0.2) is 0 Å². The Morgan fingerprint density at radius 3 is 2.23 bits per heavy atom. The van der Waals surface area contributed by atoms with Gasteiger partial charge in [0, 0.05) is 0 Å². The van der Waals surface area contributed by atoms with E-state index in [-0.39, 0.29) is 27.1 Å². The van der Waals surface area contributed by atoms with E-state index in [9.17, 15) is 18.0 Å². The topological polar surface area (TPSA) is 26.3 Å². The highest BCUT2D eigenvalue weighted by molar-refractivity contribution is 6.68. The van der Waals surface area contributed by atoms with Crippen LogP contribution in [0, 0.1) is 0 Å². The third kappa shape index (κ3) is 3.85. The molecule has 0 aromatic heterocycles. The van der Waals surface area contributed by atoms with E-state index in [2.05, 4.69) is 0 Å². The van der Waals surface area contributed by atoms with Gasteiger partial charge in [-0.15, -0.1) is 0 Å². The molecule has 0 saturated carbocycles. The molecular weight excluding hydrogens is 364 g/mol. The average Bonchev–Trinajstić information content (AvgIpc) is 2.41. The number of hydrogen-bond acceptors (Lipinski definition) is 2. The van der Waals surface area contributed by atoms with Crippen molar-refractivity contribution >= 4 is 40.0 Å². The highest BCUT2D eigenvalue weighted by Gasteiger charge is 2.31. The first-order chi connectivity index (χ1) is 10.2. The molecule has 0 saturated heterocycles. The molecule has 2 aromatic rings. The fourth-order valence-corrected chi connectivity index (χ4v) is 2.23. The van der Waals surface area contributed by atoms with Crippen LogP contribution in [0.2, 0.25) is 10.0 Å². The Balaban J connectivity index is 2.32. The molecule has 0 aliphatic carbocycles. The van der Waals surface area contributed by atoms with Gasteiger partial charge in [0.05, 0.1) is 21.2 Å². The molecule has 0 fully saturated rings. The monoisotopic (exact) mass is 368 g/mol. The molecule has 22 heavy (non-hydrogen) atoms. The Kier molecular flexibility index (Phi) is 4.90. The van der Waals surface area contributed by atoms with Gasteiger partial charge >= 0.3 is 6.18 Å². The Morgan fingerprint density at radius 1 is 1.00 bits per heavy atom. The fourth-order valence-electron chi connectivity index (χ4n) is 1.61. The molecule has 0 aliphatic rings. The highest BCUT2D eigenvalue weighted by Crippen LogP contribution is 2.37. The first kappa shape index (κ1) is 16.9. The van der Waals surface area contributed by atoms with Crippen molar-refractivity contribution in [2.75, 3.05) is 0 Å². The summed E-state index contributed by atoms with van der Waals surface area (Å²) in [6.45, 7) is 0. The molecular formula is C14H6Cl3F3O2. The summed E-state index contributed by atoms with van der Waals surface area (Å²) in [7, 11) is 0. The van der Waals surface area contributed by atoms with Crippen LogP contribution in [-0.4, -0.2) is 5.24 Å². The van der Waals surface area contributed by atoms with Crippen LogP contribution in [0.15, 0.2) is 36.4 Å². The molecule has 0 radical (unpaired) electrons. The lowest BCUT2D eigenvalue weighted by molar-refractivity contribution is -0.137. The maximum Gasteiger partial charge on any atom is 0.416 e. The van der Waals surface area contributed by atoms with Crippen LogP contribution in [-0.2, 0) is 6.18 Å². The van der Waals surface area contributed by atoms with Crippen LogP contribution >= 0.6 is 34.8 Å². The van der Waals surface area contributed by atoms with Gasteiger partial charge in [-0.05, 0) is 48.0 Å². The fraction of sp³-hybridized carbons (Fsp3) is 0.0714. The van der Waals surface area contributed by atoms with Crippen molar-refractivity contribution in [1.29, 1.82) is 0 Å². The predicted octanol–water partition coefficient (Wildman–Crippen LogP) is 6.18. The Morgan fingerprint density at radius 2 is 1.68 bits per heavy atom. The summed E-state index contributed by atoms with van der Waals surface area (Å²) in [6, 6.07) is 6.75. The van der Waals surface area contributed by atoms with Gasteiger partial charge in [-0.1, -0.05) is 23.2 Å². The lowest BCUT2D eigenvalue weighted by atomic mass is 10.2. The largest absolute Gasteiger partial charge is 0.456 e. The van der Waals surface area contributed by atoms with E-state index < -0.39 is 17.0 Å². The molecule has 0 heterocycles. The van der Waals surface area contributed by atoms with Crippen molar-refractivity contribution in [3.63, 3.8) is 0 Å². The number of alkyl halides is 3. The standard InChI is InChI=1S/C14H6Cl3F3O2/c15-10-3-2-8(6-9(10)13(17)21)22-12-4-1-7(5-11(12)16)14(18,19)20/h1-6H. The molecule has 0 spiro atoms. The Labute approximate surface area is 138 Å². The molecule has 2 nitrogen and oxygen atoms in total. The van der Waals surface area contributed by atoms with E-state index in [1.54, 1.807) is 0 Å². The number of ether oxygens (including phenoxy) is 1. The number of benzene rings is 2. The normalized spacial score (nSPS) is 11.4. The molecule has 0 bridgehead atoms.